The van der Waals surface area contributed by atoms with Gasteiger partial charge in [-0.15, -0.1) is 0 Å². The zero-order chi connectivity index (χ0) is 10.7. The van der Waals surface area contributed by atoms with Gasteiger partial charge in [-0.05, 0) is 6.20 Å². The van der Waals surface area contributed by atoms with E-state index in [0.717, 1.165) is 0 Å². The van der Waals surface area contributed by atoms with Crippen LogP contribution >= 0.6 is 0 Å². The Morgan fingerprint density at radius 1 is 1.71 bits per heavy atom. The van der Waals surface area contributed by atoms with Gasteiger partial charge in [0.1, 0.15) is 5.69 Å². The van der Waals surface area contributed by atoms with Crippen molar-refractivity contribution >= 4 is 11.5 Å². The number of rotatable bonds is 2. The second-order valence-corrected chi connectivity index (χ2v) is 2.93. The van der Waals surface area contributed by atoms with E-state index in [-0.39, 0.29) is 0 Å². The molecule has 0 atom stereocenters. The van der Waals surface area contributed by atoms with Crippen molar-refractivity contribution in [3.63, 3.8) is 0 Å². The number of anilines is 2. The fourth-order valence-electron chi connectivity index (χ4n) is 1.20. The van der Waals surface area contributed by atoms with E-state index in [4.69, 9.17) is 5.73 Å². The molecule has 0 spiro atoms. The zero-order valence-electron chi connectivity index (χ0n) is 8.73. The third kappa shape index (κ3) is 1.61. The maximum Gasteiger partial charge on any atom is 0.161 e. The Kier molecular flexibility index (Phi) is 2.91. The van der Waals surface area contributed by atoms with E-state index >= 15 is 0 Å². The Morgan fingerprint density at radius 3 is 2.86 bits per heavy atom. The lowest BCUT2D eigenvalue weighted by molar-refractivity contribution is 0.798. The van der Waals surface area contributed by atoms with Gasteiger partial charge in [-0.25, -0.2) is 4.98 Å². The van der Waals surface area contributed by atoms with Crippen LogP contribution in [-0.4, -0.2) is 23.6 Å². The summed E-state index contributed by atoms with van der Waals surface area (Å²) >= 11 is 0. The molecule has 0 bridgehead atoms. The molecule has 76 valence electrons. The first-order chi connectivity index (χ1) is 6.61. The summed E-state index contributed by atoms with van der Waals surface area (Å²) in [4.78, 5) is 10.0. The summed E-state index contributed by atoms with van der Waals surface area (Å²) in [7, 11) is 5.39. The lowest BCUT2D eigenvalue weighted by Gasteiger charge is -2.15. The molecule has 0 radical (unpaired) electrons. The second-order valence-electron chi connectivity index (χ2n) is 2.93. The largest absolute Gasteiger partial charge is 0.393 e. The minimum atomic E-state index is 0.555. The summed E-state index contributed by atoms with van der Waals surface area (Å²) in [6.07, 6.45) is 3.33. The lowest BCUT2D eigenvalue weighted by atomic mass is 10.4. The Hall–Kier alpha value is -1.78. The quantitative estimate of drug-likeness (QED) is 0.725. The lowest BCUT2D eigenvalue weighted by Crippen LogP contribution is -2.26. The van der Waals surface area contributed by atoms with Crippen LogP contribution in [0.15, 0.2) is 24.1 Å². The summed E-state index contributed by atoms with van der Waals surface area (Å²) in [5, 5.41) is 0. The zero-order valence-corrected chi connectivity index (χ0v) is 8.73. The number of nitrogen functional groups attached to an aromatic ring is 1. The predicted octanol–water partition coefficient (Wildman–Crippen LogP) is 0.113. The summed E-state index contributed by atoms with van der Waals surface area (Å²) < 4.78 is 1.77. The Bertz CT molecular complexity index is 404. The van der Waals surface area contributed by atoms with Gasteiger partial charge >= 0.3 is 0 Å². The number of nitrogens with two attached hydrogens (primary N) is 1. The van der Waals surface area contributed by atoms with Gasteiger partial charge in [-0.2, -0.15) is 0 Å². The number of nitrogens with zero attached hydrogens (tertiary/aromatic N) is 4. The molecule has 0 saturated carbocycles. The maximum atomic E-state index is 5.90. The first-order valence-electron chi connectivity index (χ1n) is 4.21. The first kappa shape index (κ1) is 10.3. The molecule has 0 aliphatic heterocycles. The van der Waals surface area contributed by atoms with Gasteiger partial charge in [0.05, 0.1) is 6.33 Å². The van der Waals surface area contributed by atoms with E-state index < -0.39 is 0 Å². The predicted molar refractivity (Wildman–Crippen MR) is 57.7 cm³/mol. The highest BCUT2D eigenvalue weighted by Gasteiger charge is 2.06. The van der Waals surface area contributed by atoms with E-state index in [2.05, 4.69) is 16.6 Å². The van der Waals surface area contributed by atoms with Crippen molar-refractivity contribution in [2.75, 3.05) is 24.7 Å². The molecule has 1 aromatic heterocycles. The summed E-state index contributed by atoms with van der Waals surface area (Å²) in [6.45, 7) is 3.65. The van der Waals surface area contributed by atoms with E-state index in [1.807, 2.05) is 14.1 Å². The Labute approximate surface area is 83.2 Å². The first-order valence-corrected chi connectivity index (χ1v) is 4.21. The SMILES string of the molecule is C=CN(C)c1ncn(C)c(=NC)c1N. The molecule has 1 aromatic rings. The fourth-order valence-corrected chi connectivity index (χ4v) is 1.20. The number of aryl methyl sites for hydroxylation is 1. The van der Waals surface area contributed by atoms with Gasteiger partial charge in [0.2, 0.25) is 0 Å². The molecule has 0 amide bonds. The maximum absolute atomic E-state index is 5.90. The van der Waals surface area contributed by atoms with Crippen LogP contribution in [-0.2, 0) is 7.05 Å². The third-order valence-electron chi connectivity index (χ3n) is 1.99. The van der Waals surface area contributed by atoms with Gasteiger partial charge < -0.3 is 15.2 Å². The molecule has 14 heavy (non-hydrogen) atoms. The van der Waals surface area contributed by atoms with Crippen molar-refractivity contribution in [1.82, 2.24) is 9.55 Å². The summed E-state index contributed by atoms with van der Waals surface area (Å²) in [6, 6.07) is 0. The molecular formula is C9H15N5. The van der Waals surface area contributed by atoms with E-state index in [9.17, 15) is 0 Å². The normalized spacial score (nSPS) is 11.5. The van der Waals surface area contributed by atoms with Crippen LogP contribution < -0.4 is 16.1 Å². The highest BCUT2D eigenvalue weighted by atomic mass is 15.2. The van der Waals surface area contributed by atoms with Crippen molar-refractivity contribution in [2.45, 2.75) is 0 Å². The van der Waals surface area contributed by atoms with E-state index in [1.165, 1.54) is 0 Å². The molecule has 0 fully saturated rings. The van der Waals surface area contributed by atoms with Crippen LogP contribution in [0.3, 0.4) is 0 Å². The summed E-state index contributed by atoms with van der Waals surface area (Å²) in [5.41, 5.74) is 7.17. The molecule has 1 rings (SSSR count). The average Bonchev–Trinajstić information content (AvgIpc) is 2.18. The van der Waals surface area contributed by atoms with Gasteiger partial charge in [0, 0.05) is 21.1 Å². The summed E-state index contributed by atoms with van der Waals surface area (Å²) in [5.74, 6) is 0.665. The molecule has 5 nitrogen and oxygen atoms in total. The van der Waals surface area contributed by atoms with Crippen LogP contribution in [0, 0.1) is 0 Å². The molecule has 0 saturated heterocycles. The third-order valence-corrected chi connectivity index (χ3v) is 1.99. The molecular weight excluding hydrogens is 178 g/mol. The number of hydrogen-bond acceptors (Lipinski definition) is 4. The number of aromatic nitrogens is 2. The van der Waals surface area contributed by atoms with Crippen LogP contribution in [0.5, 0.6) is 0 Å². The smallest absolute Gasteiger partial charge is 0.161 e. The molecule has 5 heteroatoms. The minimum absolute atomic E-state index is 0.555. The Morgan fingerprint density at radius 2 is 2.36 bits per heavy atom. The van der Waals surface area contributed by atoms with Gasteiger partial charge in [-0.1, -0.05) is 6.58 Å². The van der Waals surface area contributed by atoms with Gasteiger partial charge in [-0.3, -0.25) is 4.99 Å². The van der Waals surface area contributed by atoms with E-state index in [0.29, 0.717) is 17.0 Å². The van der Waals surface area contributed by atoms with Crippen molar-refractivity contribution in [2.24, 2.45) is 12.0 Å². The molecule has 1 heterocycles. The molecule has 0 aliphatic rings. The molecule has 0 aromatic carbocycles. The fraction of sp³-hybridized carbons (Fsp3) is 0.333. The van der Waals surface area contributed by atoms with Crippen LogP contribution in [0.4, 0.5) is 11.5 Å². The molecule has 2 N–H and O–H groups in total. The van der Waals surface area contributed by atoms with Gasteiger partial charge in [0.25, 0.3) is 0 Å². The highest BCUT2D eigenvalue weighted by molar-refractivity contribution is 5.61. The highest BCUT2D eigenvalue weighted by Crippen LogP contribution is 2.13. The topological polar surface area (TPSA) is 59.4 Å². The second kappa shape index (κ2) is 3.95. The molecule has 0 unspecified atom stereocenters. The van der Waals surface area contributed by atoms with E-state index in [1.54, 1.807) is 29.0 Å². The van der Waals surface area contributed by atoms with Crippen LogP contribution in [0.2, 0.25) is 0 Å². The molecule has 0 aliphatic carbocycles. The number of hydrogen-bond donors (Lipinski definition) is 1. The van der Waals surface area contributed by atoms with Crippen LogP contribution in [0.25, 0.3) is 0 Å². The van der Waals surface area contributed by atoms with Gasteiger partial charge in [0.15, 0.2) is 11.3 Å². The van der Waals surface area contributed by atoms with Crippen molar-refractivity contribution in [3.8, 4) is 0 Å². The van der Waals surface area contributed by atoms with Crippen LogP contribution in [0.1, 0.15) is 0 Å². The van der Waals surface area contributed by atoms with Crippen molar-refractivity contribution in [3.05, 3.63) is 24.6 Å². The Balaban J connectivity index is 3.43. The van der Waals surface area contributed by atoms with Crippen molar-refractivity contribution < 1.29 is 0 Å². The van der Waals surface area contributed by atoms with Crippen molar-refractivity contribution in [1.29, 1.82) is 0 Å². The minimum Gasteiger partial charge on any atom is -0.393 e. The monoisotopic (exact) mass is 193 g/mol. The standard InChI is InChI=1S/C9H15N5/c1-5-13(3)9-7(10)8(11-2)14(4)6-12-9/h5-6H,1,10H2,2-4H3. The average molecular weight is 193 g/mol.